The summed E-state index contributed by atoms with van der Waals surface area (Å²) in [5, 5.41) is 35.6. The van der Waals surface area contributed by atoms with Crippen LogP contribution in [0.15, 0.2) is 14.4 Å². The number of hydrogen-bond donors (Lipinski definition) is 4. The Balaban J connectivity index is 3.08. The molecular formula is C12H21N3O8. The van der Waals surface area contributed by atoms with Crippen molar-refractivity contribution in [2.24, 2.45) is 0 Å². The van der Waals surface area contributed by atoms with Gasteiger partial charge in [0.25, 0.3) is 0 Å². The second-order valence-corrected chi connectivity index (χ2v) is 4.66. The van der Waals surface area contributed by atoms with E-state index in [0.717, 1.165) is 4.57 Å². The van der Waals surface area contributed by atoms with Crippen LogP contribution < -0.4 is 17.1 Å². The summed E-state index contributed by atoms with van der Waals surface area (Å²) in [6.07, 6.45) is -1.07. The van der Waals surface area contributed by atoms with Crippen molar-refractivity contribution in [3.8, 4) is 0 Å². The summed E-state index contributed by atoms with van der Waals surface area (Å²) in [6, 6.07) is 0. The van der Waals surface area contributed by atoms with Gasteiger partial charge in [-0.25, -0.2) is 28.1 Å². The number of aromatic nitrogens is 3. The molecule has 11 heteroatoms. The second-order valence-electron chi connectivity index (χ2n) is 4.66. The van der Waals surface area contributed by atoms with Gasteiger partial charge in [0.1, 0.15) is 6.10 Å². The second kappa shape index (κ2) is 9.37. The molecule has 0 aromatic carbocycles. The first kappa shape index (κ1) is 19.3. The summed E-state index contributed by atoms with van der Waals surface area (Å²) in [7, 11) is 0. The molecule has 0 spiro atoms. The smallest absolute Gasteiger partial charge is 0.336 e. The summed E-state index contributed by atoms with van der Waals surface area (Å²) in [4.78, 5) is 36.3. The highest BCUT2D eigenvalue weighted by Crippen LogP contribution is 1.85. The minimum absolute atomic E-state index is 0.108. The van der Waals surface area contributed by atoms with Crippen LogP contribution in [0.1, 0.15) is 0 Å². The van der Waals surface area contributed by atoms with Gasteiger partial charge in [0.15, 0.2) is 0 Å². The van der Waals surface area contributed by atoms with Crippen molar-refractivity contribution in [1.82, 2.24) is 13.7 Å². The summed E-state index contributed by atoms with van der Waals surface area (Å²) >= 11 is 0. The van der Waals surface area contributed by atoms with E-state index in [-0.39, 0.29) is 32.8 Å². The van der Waals surface area contributed by atoms with Crippen molar-refractivity contribution in [1.29, 1.82) is 0 Å². The lowest BCUT2D eigenvalue weighted by molar-refractivity contribution is 0.00347. The van der Waals surface area contributed by atoms with Crippen molar-refractivity contribution < 1.29 is 25.2 Å². The van der Waals surface area contributed by atoms with Crippen LogP contribution in [0.5, 0.6) is 0 Å². The van der Waals surface area contributed by atoms with Crippen LogP contribution in [0, 0.1) is 0 Å². The lowest BCUT2D eigenvalue weighted by atomic mass is 10.4. The minimum Gasteiger partial charge on any atom is -0.395 e. The maximum atomic E-state index is 12.1. The minimum atomic E-state index is -1.07. The predicted octanol–water partition coefficient (Wildman–Crippen LogP) is -4.47. The number of ether oxygens (including phenoxy) is 1. The highest BCUT2D eigenvalue weighted by atomic mass is 16.5. The third kappa shape index (κ3) is 4.84. The molecule has 1 rings (SSSR count). The summed E-state index contributed by atoms with van der Waals surface area (Å²) < 4.78 is 7.16. The quantitative estimate of drug-likeness (QED) is 0.312. The Labute approximate surface area is 130 Å². The van der Waals surface area contributed by atoms with E-state index in [4.69, 9.17) is 25.2 Å². The van der Waals surface area contributed by atoms with Crippen molar-refractivity contribution in [3.63, 3.8) is 0 Å². The van der Waals surface area contributed by atoms with Gasteiger partial charge in [-0.1, -0.05) is 0 Å². The zero-order valence-corrected chi connectivity index (χ0v) is 12.5. The highest BCUT2D eigenvalue weighted by Gasteiger charge is 2.14. The van der Waals surface area contributed by atoms with E-state index in [1.807, 2.05) is 0 Å². The fourth-order valence-corrected chi connectivity index (χ4v) is 1.88. The first-order valence-corrected chi connectivity index (χ1v) is 7.00. The van der Waals surface area contributed by atoms with Crippen molar-refractivity contribution >= 4 is 0 Å². The molecule has 1 heterocycles. The molecule has 0 aliphatic heterocycles. The Hall–Kier alpha value is -1.79. The van der Waals surface area contributed by atoms with Crippen LogP contribution in [0.2, 0.25) is 0 Å². The molecule has 0 bridgehead atoms. The van der Waals surface area contributed by atoms with Gasteiger partial charge in [0.2, 0.25) is 0 Å². The van der Waals surface area contributed by atoms with Crippen molar-refractivity contribution in [3.05, 3.63) is 31.5 Å². The Morgan fingerprint density at radius 2 is 1.26 bits per heavy atom. The van der Waals surface area contributed by atoms with Gasteiger partial charge >= 0.3 is 17.1 Å². The molecule has 11 nitrogen and oxygen atoms in total. The first-order chi connectivity index (χ1) is 11.0. The largest absolute Gasteiger partial charge is 0.395 e. The molecule has 132 valence electrons. The average molecular weight is 335 g/mol. The molecule has 0 fully saturated rings. The Morgan fingerprint density at radius 1 is 0.826 bits per heavy atom. The van der Waals surface area contributed by atoms with E-state index >= 15 is 0 Å². The molecule has 0 saturated carbocycles. The maximum absolute atomic E-state index is 12.1. The van der Waals surface area contributed by atoms with Gasteiger partial charge in [0.05, 0.1) is 52.7 Å². The Bertz CT molecular complexity index is 617. The van der Waals surface area contributed by atoms with Crippen LogP contribution in [0.3, 0.4) is 0 Å². The number of rotatable bonds is 10. The number of hydrogen-bond acceptors (Lipinski definition) is 8. The lowest BCUT2D eigenvalue weighted by Crippen LogP contribution is -2.55. The highest BCUT2D eigenvalue weighted by molar-refractivity contribution is 4.79. The average Bonchev–Trinajstić information content (AvgIpc) is 2.54. The third-order valence-corrected chi connectivity index (χ3v) is 3.01. The molecule has 1 aromatic rings. The van der Waals surface area contributed by atoms with Gasteiger partial charge in [-0.2, -0.15) is 0 Å². The zero-order valence-electron chi connectivity index (χ0n) is 12.5. The summed E-state index contributed by atoms with van der Waals surface area (Å²) in [5.41, 5.74) is -2.69. The van der Waals surface area contributed by atoms with Crippen LogP contribution in [-0.4, -0.2) is 73.3 Å². The molecule has 1 unspecified atom stereocenters. The van der Waals surface area contributed by atoms with Gasteiger partial charge in [-0.05, 0) is 0 Å². The normalized spacial score (nSPS) is 12.5. The Morgan fingerprint density at radius 3 is 1.65 bits per heavy atom. The van der Waals surface area contributed by atoms with Crippen LogP contribution >= 0.6 is 0 Å². The van der Waals surface area contributed by atoms with Crippen LogP contribution in [0.4, 0.5) is 0 Å². The monoisotopic (exact) mass is 335 g/mol. The molecular weight excluding hydrogens is 314 g/mol. The predicted molar refractivity (Wildman–Crippen MR) is 77.3 cm³/mol. The van der Waals surface area contributed by atoms with Crippen LogP contribution in [0.25, 0.3) is 0 Å². The number of nitrogens with zero attached hydrogens (tertiary/aromatic N) is 3. The molecule has 1 atom stereocenters. The molecule has 0 aliphatic carbocycles. The van der Waals surface area contributed by atoms with Crippen molar-refractivity contribution in [2.45, 2.75) is 25.7 Å². The van der Waals surface area contributed by atoms with Gasteiger partial charge in [-0.15, -0.1) is 0 Å². The van der Waals surface area contributed by atoms with E-state index in [2.05, 4.69) is 0 Å². The van der Waals surface area contributed by atoms with Gasteiger partial charge in [0, 0.05) is 0 Å². The molecule has 0 amide bonds. The molecule has 0 saturated heterocycles. The van der Waals surface area contributed by atoms with Crippen molar-refractivity contribution in [2.75, 3.05) is 33.0 Å². The first-order valence-electron chi connectivity index (χ1n) is 7.00. The Kier molecular flexibility index (Phi) is 7.85. The molecule has 23 heavy (non-hydrogen) atoms. The molecule has 4 N–H and O–H groups in total. The van der Waals surface area contributed by atoms with E-state index in [9.17, 15) is 14.4 Å². The molecule has 0 aliphatic rings. The standard InChI is InChI=1S/C12H21N3O8/c16-4-1-13-10(20)14(2-5-17)12(22)15(11(13)21)3-6-23-8-9(19)7-18/h9,16-19H,1-8H2. The third-order valence-electron chi connectivity index (χ3n) is 3.01. The van der Waals surface area contributed by atoms with Crippen LogP contribution in [-0.2, 0) is 24.4 Å². The fraction of sp³-hybridized carbons (Fsp3) is 0.750. The van der Waals surface area contributed by atoms with Gasteiger partial charge in [-0.3, -0.25) is 0 Å². The van der Waals surface area contributed by atoms with E-state index in [1.54, 1.807) is 0 Å². The number of aliphatic hydroxyl groups excluding tert-OH is 4. The summed E-state index contributed by atoms with van der Waals surface area (Å²) in [6.45, 7) is -2.45. The SMILES string of the molecule is O=c1n(CCO)c(=O)n(CCOCC(O)CO)c(=O)n1CCO. The molecule has 0 radical (unpaired) electrons. The van der Waals surface area contributed by atoms with E-state index < -0.39 is 43.0 Å². The van der Waals surface area contributed by atoms with Gasteiger partial charge < -0.3 is 25.2 Å². The lowest BCUT2D eigenvalue weighted by Gasteiger charge is -2.13. The van der Waals surface area contributed by atoms with E-state index in [0.29, 0.717) is 9.13 Å². The van der Waals surface area contributed by atoms with E-state index in [1.165, 1.54) is 0 Å². The molecule has 1 aromatic heterocycles. The number of aliphatic hydroxyl groups is 4. The maximum Gasteiger partial charge on any atom is 0.336 e. The summed E-state index contributed by atoms with van der Waals surface area (Å²) in [5.74, 6) is 0. The fourth-order valence-electron chi connectivity index (χ4n) is 1.88. The zero-order chi connectivity index (χ0) is 17.4. The topological polar surface area (TPSA) is 156 Å².